The maximum absolute atomic E-state index is 2.49. The molecule has 0 atom stereocenters. The van der Waals surface area contributed by atoms with Crippen molar-refractivity contribution in [1.82, 2.24) is 0 Å². The molecule has 1 heteroatoms. The summed E-state index contributed by atoms with van der Waals surface area (Å²) < 4.78 is 0. The van der Waals surface area contributed by atoms with Crippen LogP contribution in [0.2, 0.25) is 0 Å². The lowest BCUT2D eigenvalue weighted by molar-refractivity contribution is 1.34. The highest BCUT2D eigenvalue weighted by Gasteiger charge is 2.57. The van der Waals surface area contributed by atoms with Gasteiger partial charge < -0.3 is 0 Å². The molecule has 0 nitrogen and oxygen atoms in total. The highest BCUT2D eigenvalue weighted by Crippen LogP contribution is 3.00. The minimum atomic E-state index is -2.24. The Labute approximate surface area is 120 Å². The van der Waals surface area contributed by atoms with Crippen molar-refractivity contribution >= 4 is 9.16 Å². The van der Waals surface area contributed by atoms with Crippen LogP contribution >= 0.6 is 9.16 Å². The van der Waals surface area contributed by atoms with Crippen molar-refractivity contribution < 1.29 is 0 Å². The van der Waals surface area contributed by atoms with Gasteiger partial charge in [-0.15, -0.1) is 0 Å². The van der Waals surface area contributed by atoms with Crippen LogP contribution < -0.4 is 0 Å². The van der Waals surface area contributed by atoms with Gasteiger partial charge >= 0.3 is 0 Å². The zero-order chi connectivity index (χ0) is 13.7. The Morgan fingerprint density at radius 2 is 0.850 bits per heavy atom. The second-order valence-corrected chi connectivity index (χ2v) is 10.9. The Kier molecular flexibility index (Phi) is 2.22. The summed E-state index contributed by atoms with van der Waals surface area (Å²) in [4.78, 5) is 6.06. The summed E-state index contributed by atoms with van der Waals surface area (Å²) in [5.74, 6) is 0. The fraction of sp³-hybridized carbons (Fsp3) is 0.0526. The molecular formula is C19H18S. The summed E-state index contributed by atoms with van der Waals surface area (Å²) >= 11 is 0. The molecule has 0 saturated carbocycles. The maximum Gasteiger partial charge on any atom is -0.00249 e. The fourth-order valence-corrected chi connectivity index (χ4v) is 9.44. The topological polar surface area (TPSA) is 0 Å². The normalized spacial score (nSPS) is 19.4. The van der Waals surface area contributed by atoms with Crippen molar-refractivity contribution in [3.63, 3.8) is 0 Å². The minimum Gasteiger partial charge on any atom is -0.200 e. The molecule has 20 heavy (non-hydrogen) atoms. The van der Waals surface area contributed by atoms with Crippen LogP contribution in [0.4, 0.5) is 0 Å². The third kappa shape index (κ3) is 1.19. The van der Waals surface area contributed by atoms with Crippen molar-refractivity contribution in [3.05, 3.63) is 84.9 Å². The Balaban J connectivity index is 2.08. The molecule has 3 aromatic rings. The molecule has 1 aliphatic heterocycles. The number of fused-ring (bicyclic) bond motifs is 1. The molecule has 0 saturated heterocycles. The van der Waals surface area contributed by atoms with Crippen molar-refractivity contribution in [2.75, 3.05) is 6.26 Å². The van der Waals surface area contributed by atoms with Gasteiger partial charge in [0.25, 0.3) is 0 Å². The van der Waals surface area contributed by atoms with Crippen LogP contribution in [0.25, 0.3) is 0 Å². The van der Waals surface area contributed by atoms with E-state index in [0.717, 1.165) is 0 Å². The van der Waals surface area contributed by atoms with E-state index in [1.165, 1.54) is 9.79 Å². The summed E-state index contributed by atoms with van der Waals surface area (Å²) in [6.45, 7) is 0. The van der Waals surface area contributed by atoms with Crippen molar-refractivity contribution in [3.8, 4) is 0 Å². The number of benzene rings is 3. The average molecular weight is 278 g/mol. The third-order valence-corrected chi connectivity index (χ3v) is 11.0. The van der Waals surface area contributed by atoms with Gasteiger partial charge in [0.15, 0.2) is 0 Å². The van der Waals surface area contributed by atoms with Crippen LogP contribution in [0.5, 0.6) is 0 Å². The standard InChI is InChI=1S/C19H18S/c1-20(16-10-4-2-5-11-16,17-12-6-3-7-13-17)18-14-8-9-15-19(18)20/h2-15,20H,1H3. The number of hydrogen-bond donors (Lipinski definition) is 1. The van der Waals surface area contributed by atoms with Gasteiger partial charge in [0.2, 0.25) is 0 Å². The third-order valence-electron chi connectivity index (χ3n) is 4.84. The molecule has 4 rings (SSSR count). The van der Waals surface area contributed by atoms with Crippen LogP contribution in [-0.2, 0) is 0 Å². The van der Waals surface area contributed by atoms with Gasteiger partial charge in [0.1, 0.15) is 0 Å². The predicted molar refractivity (Wildman–Crippen MR) is 87.3 cm³/mol. The van der Waals surface area contributed by atoms with Gasteiger partial charge in [-0.3, -0.25) is 0 Å². The minimum absolute atomic E-state index is 1.48. The van der Waals surface area contributed by atoms with Gasteiger partial charge in [-0.05, 0) is 38.0 Å². The van der Waals surface area contributed by atoms with E-state index in [0.29, 0.717) is 0 Å². The van der Waals surface area contributed by atoms with Gasteiger partial charge in [-0.2, -0.15) is 0 Å². The Hall–Kier alpha value is -1.99. The first-order valence-corrected chi connectivity index (χ1v) is 9.67. The van der Waals surface area contributed by atoms with Gasteiger partial charge in [0, 0.05) is 0 Å². The van der Waals surface area contributed by atoms with E-state index < -0.39 is 9.16 Å². The molecule has 3 aromatic carbocycles. The lowest BCUT2D eigenvalue weighted by Crippen LogP contribution is -2.02. The molecular weight excluding hydrogens is 260 g/mol. The van der Waals surface area contributed by atoms with E-state index >= 15 is 0 Å². The van der Waals surface area contributed by atoms with Crippen LogP contribution in [0.3, 0.4) is 0 Å². The fourth-order valence-electron chi connectivity index (χ4n) is 3.60. The van der Waals surface area contributed by atoms with Gasteiger partial charge in [-0.25, -0.2) is 9.16 Å². The molecule has 0 radical (unpaired) electrons. The largest absolute Gasteiger partial charge is 0.200 e. The Morgan fingerprint density at radius 3 is 1.25 bits per heavy atom. The molecule has 0 aromatic heterocycles. The maximum atomic E-state index is 2.49. The molecule has 1 aliphatic rings. The lowest BCUT2D eigenvalue weighted by Gasteiger charge is -2.43. The smallest absolute Gasteiger partial charge is 0.00249 e. The summed E-state index contributed by atoms with van der Waals surface area (Å²) in [5, 5.41) is 0. The Bertz CT molecular complexity index is 709. The lowest BCUT2D eigenvalue weighted by atomic mass is 10.4. The highest BCUT2D eigenvalue weighted by atomic mass is 32.3. The summed E-state index contributed by atoms with van der Waals surface area (Å²) in [7, 11) is -2.24. The van der Waals surface area contributed by atoms with Gasteiger partial charge in [0.05, 0.1) is 0 Å². The quantitative estimate of drug-likeness (QED) is 0.481. The van der Waals surface area contributed by atoms with Crippen molar-refractivity contribution in [2.24, 2.45) is 0 Å². The molecule has 0 spiro atoms. The summed E-state index contributed by atoms with van der Waals surface area (Å²) in [6.07, 6.45) is 2.49. The zero-order valence-corrected chi connectivity index (χ0v) is 12.4. The van der Waals surface area contributed by atoms with Crippen molar-refractivity contribution in [2.45, 2.75) is 19.6 Å². The van der Waals surface area contributed by atoms with Gasteiger partial charge in [-0.1, -0.05) is 72.8 Å². The average Bonchev–Trinajstić information content (AvgIpc) is 3.13. The van der Waals surface area contributed by atoms with Crippen LogP contribution in [0.15, 0.2) is 105 Å². The van der Waals surface area contributed by atoms with E-state index in [1.807, 2.05) is 0 Å². The predicted octanol–water partition coefficient (Wildman–Crippen LogP) is 5.24. The number of rotatable bonds is 2. The monoisotopic (exact) mass is 278 g/mol. The summed E-state index contributed by atoms with van der Waals surface area (Å²) in [6, 6.07) is 31.0. The second-order valence-electron chi connectivity index (χ2n) is 5.73. The SMILES string of the molecule is C[SH]1(c2ccccc2)(c2ccccc2)c2ccccc21. The molecule has 0 aliphatic carbocycles. The molecule has 0 N–H and O–H groups in total. The van der Waals surface area contributed by atoms with Crippen LogP contribution in [-0.4, -0.2) is 6.26 Å². The first-order valence-electron chi connectivity index (χ1n) is 6.99. The first kappa shape index (κ1) is 11.8. The zero-order valence-electron chi connectivity index (χ0n) is 11.5. The highest BCUT2D eigenvalue weighted by molar-refractivity contribution is 8.53. The number of hydrogen-bond acceptors (Lipinski definition) is 0. The molecule has 1 heterocycles. The van der Waals surface area contributed by atoms with E-state index in [9.17, 15) is 0 Å². The van der Waals surface area contributed by atoms with Crippen LogP contribution in [0, 0.1) is 0 Å². The van der Waals surface area contributed by atoms with Crippen LogP contribution in [0.1, 0.15) is 0 Å². The van der Waals surface area contributed by atoms with E-state index in [4.69, 9.17) is 0 Å². The molecule has 100 valence electrons. The molecule has 0 unspecified atom stereocenters. The van der Waals surface area contributed by atoms with E-state index in [2.05, 4.69) is 91.2 Å². The van der Waals surface area contributed by atoms with E-state index in [-0.39, 0.29) is 0 Å². The first-order chi connectivity index (χ1) is 9.76. The second kappa shape index (κ2) is 3.77. The molecule has 0 amide bonds. The van der Waals surface area contributed by atoms with E-state index in [1.54, 1.807) is 9.79 Å². The van der Waals surface area contributed by atoms with Crippen molar-refractivity contribution in [1.29, 1.82) is 0 Å². The molecule has 0 bridgehead atoms. The molecule has 0 fully saturated rings. The Morgan fingerprint density at radius 1 is 0.500 bits per heavy atom. The summed E-state index contributed by atoms with van der Waals surface area (Å²) in [5.41, 5.74) is 0. The number of thiol groups is 1.